The van der Waals surface area contributed by atoms with E-state index in [1.54, 1.807) is 12.1 Å². The Labute approximate surface area is 158 Å². The van der Waals surface area contributed by atoms with E-state index in [0.29, 0.717) is 13.2 Å². The fraction of sp³-hybridized carbons (Fsp3) is 0.350. The fourth-order valence-corrected chi connectivity index (χ4v) is 3.68. The largest absolute Gasteiger partial charge is 0.508 e. The van der Waals surface area contributed by atoms with Crippen LogP contribution in [-0.2, 0) is 4.74 Å². The van der Waals surface area contributed by atoms with Gasteiger partial charge in [-0.25, -0.2) is 0 Å². The third-order valence-corrected chi connectivity index (χ3v) is 5.01. The zero-order chi connectivity index (χ0) is 18.8. The molecule has 0 unspecified atom stereocenters. The molecule has 7 heteroatoms. The molecular formula is C20H23N5O2. The van der Waals surface area contributed by atoms with Gasteiger partial charge in [-0.2, -0.15) is 4.68 Å². The molecule has 1 saturated heterocycles. The molecule has 0 radical (unpaired) electrons. The Bertz CT molecular complexity index is 896. The van der Waals surface area contributed by atoms with Gasteiger partial charge in [-0.15, -0.1) is 5.10 Å². The fourth-order valence-electron chi connectivity index (χ4n) is 3.68. The van der Waals surface area contributed by atoms with Gasteiger partial charge in [-0.05, 0) is 53.1 Å². The number of rotatable bonds is 4. The van der Waals surface area contributed by atoms with E-state index in [0.717, 1.165) is 41.3 Å². The highest BCUT2D eigenvalue weighted by Crippen LogP contribution is 2.31. The van der Waals surface area contributed by atoms with Crippen LogP contribution in [0.15, 0.2) is 42.5 Å². The summed E-state index contributed by atoms with van der Waals surface area (Å²) >= 11 is 0. The van der Waals surface area contributed by atoms with E-state index in [4.69, 9.17) is 4.74 Å². The zero-order valence-electron chi connectivity index (χ0n) is 15.5. The summed E-state index contributed by atoms with van der Waals surface area (Å²) in [5, 5.41) is 22.4. The first-order valence-electron chi connectivity index (χ1n) is 9.11. The van der Waals surface area contributed by atoms with Crippen molar-refractivity contribution in [3.05, 3.63) is 65.0 Å². The average molecular weight is 365 g/mol. The summed E-state index contributed by atoms with van der Waals surface area (Å²) in [5.74, 6) is 1.01. The normalized spacial score (nSPS) is 16.4. The number of morpholine rings is 1. The molecule has 0 aliphatic carbocycles. The molecule has 1 fully saturated rings. The third kappa shape index (κ3) is 3.43. The van der Waals surface area contributed by atoms with E-state index in [2.05, 4.69) is 46.4 Å². The first-order valence-corrected chi connectivity index (χ1v) is 9.11. The van der Waals surface area contributed by atoms with E-state index >= 15 is 0 Å². The molecule has 1 aliphatic heterocycles. The Hall–Kier alpha value is -2.77. The summed E-state index contributed by atoms with van der Waals surface area (Å²) in [6.45, 7) is 7.09. The second-order valence-electron chi connectivity index (χ2n) is 6.83. The molecule has 2 aromatic carbocycles. The molecule has 0 bridgehead atoms. The van der Waals surface area contributed by atoms with Gasteiger partial charge in [-0.3, -0.25) is 4.90 Å². The van der Waals surface area contributed by atoms with Gasteiger partial charge in [0, 0.05) is 13.1 Å². The van der Waals surface area contributed by atoms with Crippen molar-refractivity contribution in [2.24, 2.45) is 0 Å². The van der Waals surface area contributed by atoms with Crippen LogP contribution in [-0.4, -0.2) is 56.5 Å². The van der Waals surface area contributed by atoms with E-state index in [9.17, 15) is 5.11 Å². The van der Waals surface area contributed by atoms with E-state index in [-0.39, 0.29) is 11.8 Å². The van der Waals surface area contributed by atoms with Gasteiger partial charge in [0.15, 0.2) is 5.82 Å². The van der Waals surface area contributed by atoms with Crippen molar-refractivity contribution in [2.75, 3.05) is 26.3 Å². The Morgan fingerprint density at radius 2 is 1.67 bits per heavy atom. The maximum absolute atomic E-state index is 9.71. The van der Waals surface area contributed by atoms with Gasteiger partial charge in [0.25, 0.3) is 0 Å². The molecule has 7 nitrogen and oxygen atoms in total. The highest BCUT2D eigenvalue weighted by atomic mass is 16.5. The Morgan fingerprint density at radius 3 is 2.33 bits per heavy atom. The summed E-state index contributed by atoms with van der Waals surface area (Å²) in [5.41, 5.74) is 4.29. The number of aromatic hydroxyl groups is 1. The molecule has 140 valence electrons. The number of hydrogen-bond donors (Lipinski definition) is 1. The minimum atomic E-state index is -0.122. The van der Waals surface area contributed by atoms with E-state index in [1.165, 1.54) is 0 Å². The van der Waals surface area contributed by atoms with Crippen molar-refractivity contribution in [2.45, 2.75) is 19.9 Å². The number of nitrogens with zero attached hydrogens (tertiary/aromatic N) is 5. The lowest BCUT2D eigenvalue weighted by Crippen LogP contribution is -2.40. The topological polar surface area (TPSA) is 76.3 Å². The molecule has 0 saturated carbocycles. The summed E-state index contributed by atoms with van der Waals surface area (Å²) in [7, 11) is 0. The molecule has 1 atom stereocenters. The van der Waals surface area contributed by atoms with Crippen molar-refractivity contribution in [3.8, 4) is 11.4 Å². The number of aromatic nitrogens is 4. The van der Waals surface area contributed by atoms with Crippen molar-refractivity contribution >= 4 is 0 Å². The summed E-state index contributed by atoms with van der Waals surface area (Å²) in [6.07, 6.45) is 0. The number of benzene rings is 2. The lowest BCUT2D eigenvalue weighted by molar-refractivity contribution is 0.0220. The predicted molar refractivity (Wildman–Crippen MR) is 101 cm³/mol. The first kappa shape index (κ1) is 17.6. The molecule has 4 rings (SSSR count). The minimum absolute atomic E-state index is 0.122. The summed E-state index contributed by atoms with van der Waals surface area (Å²) < 4.78 is 7.38. The molecule has 27 heavy (non-hydrogen) atoms. The van der Waals surface area contributed by atoms with Crippen LogP contribution in [0, 0.1) is 13.8 Å². The van der Waals surface area contributed by atoms with Crippen molar-refractivity contribution in [1.82, 2.24) is 25.1 Å². The maximum Gasteiger partial charge on any atom is 0.178 e. The smallest absolute Gasteiger partial charge is 0.178 e. The van der Waals surface area contributed by atoms with E-state index in [1.807, 2.05) is 22.9 Å². The van der Waals surface area contributed by atoms with Crippen LogP contribution in [0.1, 0.15) is 28.6 Å². The molecule has 1 N–H and O–H groups in total. The summed E-state index contributed by atoms with van der Waals surface area (Å²) in [6, 6.07) is 13.3. The van der Waals surface area contributed by atoms with Crippen LogP contribution in [0.2, 0.25) is 0 Å². The third-order valence-electron chi connectivity index (χ3n) is 5.01. The Morgan fingerprint density at radius 1 is 1.00 bits per heavy atom. The highest BCUT2D eigenvalue weighted by Gasteiger charge is 2.30. The van der Waals surface area contributed by atoms with Gasteiger partial charge in [0.2, 0.25) is 0 Å². The average Bonchev–Trinajstić information content (AvgIpc) is 3.13. The minimum Gasteiger partial charge on any atom is -0.508 e. The standard InChI is InChI=1S/C20H23N5O2/c1-14-4-3-5-15(2)18(14)25-20(21-22-23-25)19(24-10-12-27-13-11-24)16-6-8-17(26)9-7-16/h3-9,19,26H,10-13H2,1-2H3/t19-/m1/s1. The lowest BCUT2D eigenvalue weighted by Gasteiger charge is -2.34. The zero-order valence-corrected chi connectivity index (χ0v) is 15.5. The molecule has 2 heterocycles. The van der Waals surface area contributed by atoms with Crippen LogP contribution in [0.5, 0.6) is 5.75 Å². The number of phenols is 1. The molecular weight excluding hydrogens is 342 g/mol. The van der Waals surface area contributed by atoms with Crippen LogP contribution in [0.4, 0.5) is 0 Å². The second-order valence-corrected chi connectivity index (χ2v) is 6.83. The quantitative estimate of drug-likeness (QED) is 0.765. The molecule has 1 aliphatic rings. The number of phenolic OH excluding ortho intramolecular Hbond substituents is 1. The number of hydrogen-bond acceptors (Lipinski definition) is 6. The Kier molecular flexibility index (Phi) is 4.87. The van der Waals surface area contributed by atoms with Crippen LogP contribution >= 0.6 is 0 Å². The summed E-state index contributed by atoms with van der Waals surface area (Å²) in [4.78, 5) is 2.33. The second kappa shape index (κ2) is 7.46. The molecule has 0 spiro atoms. The van der Waals surface area contributed by atoms with Crippen molar-refractivity contribution in [1.29, 1.82) is 0 Å². The molecule has 0 amide bonds. The van der Waals surface area contributed by atoms with Crippen molar-refractivity contribution < 1.29 is 9.84 Å². The number of aryl methyl sites for hydroxylation is 2. The van der Waals surface area contributed by atoms with Crippen LogP contribution < -0.4 is 0 Å². The van der Waals surface area contributed by atoms with Crippen molar-refractivity contribution in [3.63, 3.8) is 0 Å². The maximum atomic E-state index is 9.71. The van der Waals surface area contributed by atoms with Crippen LogP contribution in [0.3, 0.4) is 0 Å². The monoisotopic (exact) mass is 365 g/mol. The van der Waals surface area contributed by atoms with Gasteiger partial charge in [-0.1, -0.05) is 30.3 Å². The first-order chi connectivity index (χ1) is 13.1. The number of ether oxygens (including phenoxy) is 1. The molecule has 3 aromatic rings. The highest BCUT2D eigenvalue weighted by molar-refractivity contribution is 5.47. The lowest BCUT2D eigenvalue weighted by atomic mass is 10.0. The van der Waals surface area contributed by atoms with Gasteiger partial charge >= 0.3 is 0 Å². The van der Waals surface area contributed by atoms with E-state index < -0.39 is 0 Å². The van der Waals surface area contributed by atoms with Crippen LogP contribution in [0.25, 0.3) is 5.69 Å². The van der Waals surface area contributed by atoms with Gasteiger partial charge in [0.1, 0.15) is 5.75 Å². The Balaban J connectivity index is 1.84. The number of tetrazole rings is 1. The predicted octanol–water partition coefficient (Wildman–Crippen LogP) is 2.41. The van der Waals surface area contributed by atoms with Gasteiger partial charge < -0.3 is 9.84 Å². The SMILES string of the molecule is Cc1cccc(C)c1-n1nnnc1[C@@H](c1ccc(O)cc1)N1CCOCC1. The molecule has 1 aromatic heterocycles. The number of para-hydroxylation sites is 1. The van der Waals surface area contributed by atoms with Gasteiger partial charge in [0.05, 0.1) is 24.9 Å².